The Morgan fingerprint density at radius 3 is 2.12 bits per heavy atom. The minimum Gasteiger partial charge on any atom is -0.481 e. The lowest BCUT2D eigenvalue weighted by Crippen LogP contribution is -2.41. The Morgan fingerprint density at radius 2 is 1.71 bits per heavy atom. The fraction of sp³-hybridized carbons (Fsp3) is 0.273. The van der Waals surface area contributed by atoms with Crippen molar-refractivity contribution in [2.45, 2.75) is 18.2 Å². The quantitative estimate of drug-likeness (QED) is 0.726. The Kier molecular flexibility index (Phi) is 3.04. The molecule has 0 spiro atoms. The summed E-state index contributed by atoms with van der Waals surface area (Å²) in [5.74, 6) is 0. The molecule has 1 aliphatic heterocycles. The summed E-state index contributed by atoms with van der Waals surface area (Å²) in [6.07, 6.45) is -2.46. The summed E-state index contributed by atoms with van der Waals surface area (Å²) in [7, 11) is 0. The average Bonchev–Trinajstić information content (AvgIpc) is 2.64. The molecule has 17 heavy (non-hydrogen) atoms. The smallest absolute Gasteiger partial charge is 0.432 e. The molecule has 0 N–H and O–H groups in total. The van der Waals surface area contributed by atoms with Crippen molar-refractivity contribution in [1.29, 1.82) is 0 Å². The molecule has 1 aromatic carbocycles. The van der Waals surface area contributed by atoms with E-state index in [1.54, 1.807) is 0 Å². The Hall–Kier alpha value is -0.870. The van der Waals surface area contributed by atoms with Gasteiger partial charge in [0.2, 0.25) is 5.60 Å². The fourth-order valence-corrected chi connectivity index (χ4v) is 2.27. The number of benzene rings is 1. The summed E-state index contributed by atoms with van der Waals surface area (Å²) in [6.45, 7) is 0. The van der Waals surface area contributed by atoms with Crippen LogP contribution in [0.3, 0.4) is 0 Å². The zero-order valence-electron chi connectivity index (χ0n) is 8.39. The van der Waals surface area contributed by atoms with Gasteiger partial charge in [-0.05, 0) is 24.3 Å². The van der Waals surface area contributed by atoms with Gasteiger partial charge in [-0.2, -0.15) is 13.2 Å². The van der Waals surface area contributed by atoms with Crippen LogP contribution < -0.4 is 0 Å². The Morgan fingerprint density at radius 1 is 1.12 bits per heavy atom. The summed E-state index contributed by atoms with van der Waals surface area (Å²) >= 11 is 11.4. The zero-order chi connectivity index (χ0) is 12.7. The molecule has 0 unspecified atom stereocenters. The number of hydrogen-bond donors (Lipinski definition) is 0. The van der Waals surface area contributed by atoms with Crippen LogP contribution in [0.4, 0.5) is 13.2 Å². The summed E-state index contributed by atoms with van der Waals surface area (Å²) in [5.41, 5.74) is -2.46. The molecular weight excluding hydrogens is 276 g/mol. The third kappa shape index (κ3) is 2.11. The van der Waals surface area contributed by atoms with Crippen molar-refractivity contribution in [2.24, 2.45) is 0 Å². The minimum atomic E-state index is -4.54. The predicted molar refractivity (Wildman–Crippen MR) is 59.0 cm³/mol. The van der Waals surface area contributed by atoms with Crippen molar-refractivity contribution in [3.8, 4) is 0 Å². The molecule has 1 heterocycles. The van der Waals surface area contributed by atoms with Gasteiger partial charge in [0.1, 0.15) is 0 Å². The monoisotopic (exact) mass is 282 g/mol. The fourth-order valence-electron chi connectivity index (χ4n) is 1.75. The van der Waals surface area contributed by atoms with Crippen molar-refractivity contribution < 1.29 is 17.9 Å². The van der Waals surface area contributed by atoms with Gasteiger partial charge < -0.3 is 4.74 Å². The first-order valence-electron chi connectivity index (χ1n) is 4.71. The van der Waals surface area contributed by atoms with Gasteiger partial charge in [-0.3, -0.25) is 0 Å². The Balaban J connectivity index is 2.54. The second-order valence-corrected chi connectivity index (χ2v) is 4.55. The molecule has 92 valence electrons. The molecule has 0 aromatic heterocycles. The van der Waals surface area contributed by atoms with Crippen LogP contribution in [-0.2, 0) is 10.3 Å². The molecule has 1 atom stereocenters. The van der Waals surface area contributed by atoms with Crippen LogP contribution >= 0.6 is 23.2 Å². The minimum absolute atomic E-state index is 0.0903. The van der Waals surface area contributed by atoms with Crippen molar-refractivity contribution in [3.63, 3.8) is 0 Å². The van der Waals surface area contributed by atoms with Crippen LogP contribution in [0, 0.1) is 0 Å². The third-order valence-corrected chi connectivity index (χ3v) is 2.99. The zero-order valence-corrected chi connectivity index (χ0v) is 9.90. The second kappa shape index (κ2) is 4.10. The largest absolute Gasteiger partial charge is 0.481 e. The van der Waals surface area contributed by atoms with Gasteiger partial charge in [-0.1, -0.05) is 23.2 Å². The molecule has 1 aliphatic rings. The second-order valence-electron chi connectivity index (χ2n) is 3.68. The summed E-state index contributed by atoms with van der Waals surface area (Å²) in [4.78, 5) is 0. The van der Waals surface area contributed by atoms with E-state index < -0.39 is 11.8 Å². The van der Waals surface area contributed by atoms with E-state index in [0.717, 1.165) is 6.26 Å². The Bertz CT molecular complexity index is 440. The SMILES string of the molecule is FC(F)(F)[C@@]1(c2cc(Cl)cc(Cl)c2)CC=CO1. The normalized spacial score (nSPS) is 23.8. The molecule has 1 aromatic rings. The first-order chi connectivity index (χ1) is 7.85. The standard InChI is InChI=1S/C11H7Cl2F3O/c12-8-4-7(5-9(13)6-8)10(11(14,15)16)2-1-3-17-10/h1,3-6H,2H2/t10-/m0/s1. The molecule has 6 heteroatoms. The van der Waals surface area contributed by atoms with Crippen LogP contribution in [0.15, 0.2) is 30.5 Å². The van der Waals surface area contributed by atoms with Crippen LogP contribution in [0.1, 0.15) is 12.0 Å². The van der Waals surface area contributed by atoms with E-state index in [9.17, 15) is 13.2 Å². The van der Waals surface area contributed by atoms with Gasteiger partial charge in [-0.15, -0.1) is 0 Å². The molecule has 0 saturated heterocycles. The lowest BCUT2D eigenvalue weighted by molar-refractivity contribution is -0.261. The van der Waals surface area contributed by atoms with Crippen molar-refractivity contribution in [3.05, 3.63) is 46.1 Å². The van der Waals surface area contributed by atoms with Gasteiger partial charge in [0.15, 0.2) is 0 Å². The molecule has 1 nitrogen and oxygen atoms in total. The van der Waals surface area contributed by atoms with E-state index >= 15 is 0 Å². The van der Waals surface area contributed by atoms with Crippen LogP contribution in [0.5, 0.6) is 0 Å². The molecule has 0 saturated carbocycles. The van der Waals surface area contributed by atoms with E-state index in [1.807, 2.05) is 0 Å². The highest BCUT2D eigenvalue weighted by Gasteiger charge is 2.59. The van der Waals surface area contributed by atoms with Crippen molar-refractivity contribution >= 4 is 23.2 Å². The number of halogens is 5. The first kappa shape index (κ1) is 12.6. The van der Waals surface area contributed by atoms with Gasteiger partial charge in [-0.25, -0.2) is 0 Å². The van der Waals surface area contributed by atoms with Crippen LogP contribution in [0.2, 0.25) is 10.0 Å². The van der Waals surface area contributed by atoms with Crippen molar-refractivity contribution in [2.75, 3.05) is 0 Å². The summed E-state index contributed by atoms with van der Waals surface area (Å²) < 4.78 is 44.1. The van der Waals surface area contributed by atoms with E-state index in [2.05, 4.69) is 0 Å². The summed E-state index contributed by atoms with van der Waals surface area (Å²) in [5, 5.41) is 0.290. The van der Waals surface area contributed by atoms with Gasteiger partial charge >= 0.3 is 6.18 Å². The highest BCUT2D eigenvalue weighted by Crippen LogP contribution is 2.48. The lowest BCUT2D eigenvalue weighted by Gasteiger charge is -2.31. The molecular formula is C11H7Cl2F3O. The van der Waals surface area contributed by atoms with E-state index in [-0.39, 0.29) is 22.0 Å². The molecule has 0 fully saturated rings. The maximum atomic E-state index is 13.1. The highest BCUT2D eigenvalue weighted by atomic mass is 35.5. The first-order valence-corrected chi connectivity index (χ1v) is 5.47. The van der Waals surface area contributed by atoms with Gasteiger partial charge in [0, 0.05) is 22.0 Å². The van der Waals surface area contributed by atoms with Gasteiger partial charge in [0.25, 0.3) is 0 Å². The number of rotatable bonds is 1. The Labute approximate surface area is 106 Å². The molecule has 0 aliphatic carbocycles. The number of ether oxygens (including phenoxy) is 1. The lowest BCUT2D eigenvalue weighted by atomic mass is 9.90. The van der Waals surface area contributed by atoms with Gasteiger partial charge in [0.05, 0.1) is 6.26 Å². The predicted octanol–water partition coefficient (Wildman–Crippen LogP) is 4.69. The van der Waals surface area contributed by atoms with Crippen LogP contribution in [0.25, 0.3) is 0 Å². The molecule has 2 rings (SSSR count). The van der Waals surface area contributed by atoms with E-state index in [0.29, 0.717) is 0 Å². The number of alkyl halides is 3. The third-order valence-electron chi connectivity index (χ3n) is 2.56. The molecule has 0 radical (unpaired) electrons. The highest BCUT2D eigenvalue weighted by molar-refractivity contribution is 6.34. The molecule has 0 amide bonds. The van der Waals surface area contributed by atoms with Crippen molar-refractivity contribution in [1.82, 2.24) is 0 Å². The summed E-state index contributed by atoms with van der Waals surface area (Å²) in [6, 6.07) is 3.81. The topological polar surface area (TPSA) is 9.23 Å². The number of hydrogen-bond acceptors (Lipinski definition) is 1. The van der Waals surface area contributed by atoms with E-state index in [1.165, 1.54) is 24.3 Å². The average molecular weight is 283 g/mol. The maximum Gasteiger partial charge on any atom is 0.432 e. The van der Waals surface area contributed by atoms with Crippen LogP contribution in [-0.4, -0.2) is 6.18 Å². The molecule has 0 bridgehead atoms. The van der Waals surface area contributed by atoms with E-state index in [4.69, 9.17) is 27.9 Å². The maximum absolute atomic E-state index is 13.1.